The van der Waals surface area contributed by atoms with Gasteiger partial charge in [0, 0.05) is 6.20 Å². The molecule has 4 rings (SSSR count). The minimum absolute atomic E-state index is 0.382. The highest BCUT2D eigenvalue weighted by Gasteiger charge is 2.20. The number of hydrogen-bond acceptors (Lipinski definition) is 1. The predicted octanol–water partition coefficient (Wildman–Crippen LogP) is 4.87. The molecule has 25 heavy (non-hydrogen) atoms. The van der Waals surface area contributed by atoms with Crippen LogP contribution in [-0.2, 0) is 0 Å². The van der Waals surface area contributed by atoms with Crippen molar-refractivity contribution in [3.63, 3.8) is 0 Å². The van der Waals surface area contributed by atoms with Crippen LogP contribution in [0.2, 0.25) is 0 Å². The standard InChI is InChI=1S/C22H22N3/c1-16(2)24-15-25(22-21(24)12-7-13-23-22)19-10-6-9-18(14-19)20-11-5-4-8-17(20)3/h4-16H,1-3H3/q+1. The molecule has 124 valence electrons. The van der Waals surface area contributed by atoms with Crippen LogP contribution in [0, 0.1) is 6.92 Å². The lowest BCUT2D eigenvalue weighted by Crippen LogP contribution is -2.34. The van der Waals surface area contributed by atoms with Crippen molar-refractivity contribution in [3.05, 3.63) is 78.8 Å². The summed E-state index contributed by atoms with van der Waals surface area (Å²) in [5.41, 5.74) is 7.04. The number of nitrogens with zero attached hydrogens (tertiary/aromatic N) is 3. The minimum Gasteiger partial charge on any atom is -0.226 e. The molecule has 0 saturated carbocycles. The Kier molecular flexibility index (Phi) is 3.85. The predicted molar refractivity (Wildman–Crippen MR) is 102 cm³/mol. The van der Waals surface area contributed by atoms with Crippen LogP contribution < -0.4 is 4.57 Å². The Labute approximate surface area is 148 Å². The first-order valence-electron chi connectivity index (χ1n) is 8.69. The smallest absolute Gasteiger partial charge is 0.226 e. The molecule has 2 aromatic heterocycles. The summed E-state index contributed by atoms with van der Waals surface area (Å²) >= 11 is 0. The minimum atomic E-state index is 0.382. The molecule has 0 spiro atoms. The van der Waals surface area contributed by atoms with Crippen molar-refractivity contribution in [1.29, 1.82) is 0 Å². The maximum Gasteiger partial charge on any atom is 0.273 e. The molecule has 0 unspecified atom stereocenters. The summed E-state index contributed by atoms with van der Waals surface area (Å²) in [4.78, 5) is 4.62. The summed E-state index contributed by atoms with van der Waals surface area (Å²) in [5, 5.41) is 0. The Morgan fingerprint density at radius 3 is 2.60 bits per heavy atom. The number of rotatable bonds is 3. The lowest BCUT2D eigenvalue weighted by Gasteiger charge is -2.06. The molecular weight excluding hydrogens is 306 g/mol. The van der Waals surface area contributed by atoms with Crippen LogP contribution in [0.15, 0.2) is 73.2 Å². The van der Waals surface area contributed by atoms with Crippen LogP contribution in [0.4, 0.5) is 0 Å². The van der Waals surface area contributed by atoms with Crippen molar-refractivity contribution in [1.82, 2.24) is 9.55 Å². The van der Waals surface area contributed by atoms with Gasteiger partial charge >= 0.3 is 0 Å². The van der Waals surface area contributed by atoms with Gasteiger partial charge in [-0.2, -0.15) is 4.57 Å². The Hall–Kier alpha value is -2.94. The molecule has 3 nitrogen and oxygen atoms in total. The fraction of sp³-hybridized carbons (Fsp3) is 0.182. The van der Waals surface area contributed by atoms with Crippen LogP contribution in [0.3, 0.4) is 0 Å². The van der Waals surface area contributed by atoms with Crippen LogP contribution in [0.25, 0.3) is 28.0 Å². The molecule has 0 aliphatic heterocycles. The van der Waals surface area contributed by atoms with Gasteiger partial charge < -0.3 is 0 Å². The lowest BCUT2D eigenvalue weighted by molar-refractivity contribution is -0.691. The first-order valence-corrected chi connectivity index (χ1v) is 8.69. The molecule has 3 heteroatoms. The van der Waals surface area contributed by atoms with E-state index < -0.39 is 0 Å². The average Bonchev–Trinajstić information content (AvgIpc) is 3.02. The summed E-state index contributed by atoms with van der Waals surface area (Å²) in [5.74, 6) is 0. The quantitative estimate of drug-likeness (QED) is 0.492. The van der Waals surface area contributed by atoms with E-state index in [1.165, 1.54) is 16.7 Å². The van der Waals surface area contributed by atoms with Gasteiger partial charge in [0.15, 0.2) is 5.52 Å². The van der Waals surface area contributed by atoms with E-state index in [0.29, 0.717) is 6.04 Å². The maximum atomic E-state index is 4.62. The number of fused-ring (bicyclic) bond motifs is 1. The van der Waals surface area contributed by atoms with Crippen molar-refractivity contribution < 1.29 is 4.57 Å². The zero-order valence-electron chi connectivity index (χ0n) is 14.8. The second kappa shape index (κ2) is 6.17. The first kappa shape index (κ1) is 15.6. The molecule has 0 bridgehead atoms. The third kappa shape index (κ3) is 2.72. The van der Waals surface area contributed by atoms with Crippen LogP contribution in [0.1, 0.15) is 25.5 Å². The van der Waals surface area contributed by atoms with Crippen LogP contribution in [-0.4, -0.2) is 9.55 Å². The molecular formula is C22H22N3+. The van der Waals surface area contributed by atoms with Gasteiger partial charge in [0.2, 0.25) is 0 Å². The monoisotopic (exact) mass is 328 g/mol. The van der Waals surface area contributed by atoms with Gasteiger partial charge in [-0.1, -0.05) is 36.4 Å². The van der Waals surface area contributed by atoms with E-state index in [-0.39, 0.29) is 0 Å². The normalized spacial score (nSPS) is 11.4. The molecule has 4 aromatic rings. The van der Waals surface area contributed by atoms with Crippen LogP contribution in [0.5, 0.6) is 0 Å². The number of pyridine rings is 1. The summed E-state index contributed by atoms with van der Waals surface area (Å²) in [6, 6.07) is 21.7. The fourth-order valence-electron chi connectivity index (χ4n) is 3.34. The van der Waals surface area contributed by atoms with Gasteiger partial charge in [-0.25, -0.2) is 9.55 Å². The van der Waals surface area contributed by atoms with Gasteiger partial charge in [-0.15, -0.1) is 0 Å². The first-order chi connectivity index (χ1) is 12.1. The summed E-state index contributed by atoms with van der Waals surface area (Å²) in [6.45, 7) is 6.54. The molecule has 0 saturated heterocycles. The maximum absolute atomic E-state index is 4.62. The number of benzene rings is 2. The van der Waals surface area contributed by atoms with E-state index in [2.05, 4.69) is 95.8 Å². The number of hydrogen-bond donors (Lipinski definition) is 0. The van der Waals surface area contributed by atoms with E-state index in [1.54, 1.807) is 0 Å². The summed E-state index contributed by atoms with van der Waals surface area (Å²) < 4.78 is 4.44. The second-order valence-electron chi connectivity index (χ2n) is 6.70. The zero-order valence-corrected chi connectivity index (χ0v) is 14.8. The van der Waals surface area contributed by atoms with E-state index in [1.807, 2.05) is 12.3 Å². The SMILES string of the molecule is Cc1ccccc1-c1cccc(-n2c[n+](C(C)C)c3cccnc32)c1. The lowest BCUT2D eigenvalue weighted by atomic mass is 10.0. The topological polar surface area (TPSA) is 21.7 Å². The Bertz CT molecular complexity index is 1040. The van der Waals surface area contributed by atoms with Crippen molar-refractivity contribution in [3.8, 4) is 16.8 Å². The molecule has 0 radical (unpaired) electrons. The summed E-state index contributed by atoms with van der Waals surface area (Å²) in [6.07, 6.45) is 4.01. The number of aryl methyl sites for hydroxylation is 1. The Morgan fingerprint density at radius 1 is 0.960 bits per heavy atom. The average molecular weight is 328 g/mol. The molecule has 2 heterocycles. The van der Waals surface area contributed by atoms with Gasteiger partial charge in [0.25, 0.3) is 12.0 Å². The largest absolute Gasteiger partial charge is 0.273 e. The highest BCUT2D eigenvalue weighted by atomic mass is 15.2. The number of aromatic nitrogens is 3. The van der Waals surface area contributed by atoms with Crippen molar-refractivity contribution in [2.24, 2.45) is 0 Å². The van der Waals surface area contributed by atoms with Crippen molar-refractivity contribution in [2.75, 3.05) is 0 Å². The third-order valence-corrected chi connectivity index (χ3v) is 4.65. The Morgan fingerprint density at radius 2 is 1.80 bits per heavy atom. The highest BCUT2D eigenvalue weighted by molar-refractivity contribution is 5.72. The van der Waals surface area contributed by atoms with Gasteiger partial charge in [-0.3, -0.25) is 0 Å². The molecule has 0 fully saturated rings. The molecule has 0 amide bonds. The van der Waals surface area contributed by atoms with E-state index in [9.17, 15) is 0 Å². The molecule has 0 N–H and O–H groups in total. The van der Waals surface area contributed by atoms with Crippen molar-refractivity contribution >= 4 is 11.2 Å². The molecule has 0 atom stereocenters. The van der Waals surface area contributed by atoms with E-state index in [0.717, 1.165) is 16.9 Å². The van der Waals surface area contributed by atoms with Gasteiger partial charge in [0.1, 0.15) is 5.69 Å². The Balaban J connectivity index is 1.91. The fourth-order valence-corrected chi connectivity index (χ4v) is 3.34. The second-order valence-corrected chi connectivity index (χ2v) is 6.70. The molecule has 0 aliphatic carbocycles. The zero-order chi connectivity index (χ0) is 17.4. The van der Waals surface area contributed by atoms with Gasteiger partial charge in [0.05, 0.1) is 6.04 Å². The number of imidazole rings is 1. The van der Waals surface area contributed by atoms with E-state index >= 15 is 0 Å². The molecule has 0 aliphatic rings. The van der Waals surface area contributed by atoms with E-state index in [4.69, 9.17) is 0 Å². The third-order valence-electron chi connectivity index (χ3n) is 4.65. The summed E-state index contributed by atoms with van der Waals surface area (Å²) in [7, 11) is 0. The highest BCUT2D eigenvalue weighted by Crippen LogP contribution is 2.26. The van der Waals surface area contributed by atoms with Crippen LogP contribution >= 0.6 is 0 Å². The molecule has 2 aromatic carbocycles. The van der Waals surface area contributed by atoms with Crippen molar-refractivity contribution in [2.45, 2.75) is 26.8 Å². The van der Waals surface area contributed by atoms with Gasteiger partial charge in [-0.05, 0) is 61.7 Å².